The minimum atomic E-state index is 0.761. The second kappa shape index (κ2) is 3.79. The summed E-state index contributed by atoms with van der Waals surface area (Å²) in [6.45, 7) is 0. The van der Waals surface area contributed by atoms with Gasteiger partial charge in [0.1, 0.15) is 0 Å². The Labute approximate surface area is 126 Å². The summed E-state index contributed by atoms with van der Waals surface area (Å²) < 4.78 is 4.97. The molecule has 0 atom stereocenters. The van der Waals surface area contributed by atoms with Gasteiger partial charge in [-0.05, 0) is 40.8 Å². The van der Waals surface area contributed by atoms with Crippen molar-refractivity contribution in [3.63, 3.8) is 0 Å². The number of nitrogens with zero attached hydrogens (tertiary/aromatic N) is 5. The van der Waals surface area contributed by atoms with Gasteiger partial charge in [0.15, 0.2) is 5.65 Å². The van der Waals surface area contributed by atoms with E-state index in [9.17, 15) is 0 Å². The predicted octanol–water partition coefficient (Wildman–Crippen LogP) is 3.45. The molecule has 0 radical (unpaired) electrons. The maximum absolute atomic E-state index is 4.22. The molecule has 0 aliphatic rings. The summed E-state index contributed by atoms with van der Waals surface area (Å²) in [6.07, 6.45) is 2.08. The summed E-state index contributed by atoms with van der Waals surface area (Å²) in [5, 5.41) is 14.5. The highest BCUT2D eigenvalue weighted by atomic mass is 79.9. The minimum absolute atomic E-state index is 0.761. The lowest BCUT2D eigenvalue weighted by atomic mass is 10.2. The second-order valence-electron chi connectivity index (χ2n) is 4.98. The predicted molar refractivity (Wildman–Crippen MR) is 84.4 cm³/mol. The molecule has 0 spiro atoms. The van der Waals surface area contributed by atoms with Crippen LogP contribution in [0.5, 0.6) is 0 Å². The monoisotopic (exact) mass is 337 g/mol. The number of hydrogen-bond donors (Lipinski definition) is 0. The second-order valence-corrected chi connectivity index (χ2v) is 5.89. The van der Waals surface area contributed by atoms with E-state index in [-0.39, 0.29) is 0 Å². The maximum Gasteiger partial charge on any atom is 0.189 e. The number of benzene rings is 2. The summed E-state index contributed by atoms with van der Waals surface area (Å²) in [5.41, 5.74) is 3.91. The number of para-hydroxylation sites is 1. The van der Waals surface area contributed by atoms with E-state index >= 15 is 0 Å². The van der Waals surface area contributed by atoms with Gasteiger partial charge >= 0.3 is 0 Å². The van der Waals surface area contributed by atoms with Crippen LogP contribution < -0.4 is 0 Å². The molecule has 3 heterocycles. The molecule has 21 heavy (non-hydrogen) atoms. The molecule has 0 unspecified atom stereocenters. The molecule has 0 saturated heterocycles. The van der Waals surface area contributed by atoms with E-state index in [4.69, 9.17) is 0 Å². The van der Waals surface area contributed by atoms with E-state index < -0.39 is 0 Å². The van der Waals surface area contributed by atoms with Gasteiger partial charge in [0.2, 0.25) is 0 Å². The van der Waals surface area contributed by atoms with Crippen LogP contribution >= 0.6 is 15.9 Å². The summed E-state index contributed by atoms with van der Waals surface area (Å²) in [7, 11) is 0. The van der Waals surface area contributed by atoms with Crippen molar-refractivity contribution in [2.75, 3.05) is 0 Å². The Hall–Kier alpha value is -2.47. The van der Waals surface area contributed by atoms with Crippen molar-refractivity contribution < 1.29 is 0 Å². The lowest BCUT2D eigenvalue weighted by Crippen LogP contribution is -1.89. The number of fused-ring (bicyclic) bond motifs is 5. The number of aromatic nitrogens is 5. The van der Waals surface area contributed by atoms with E-state index in [1.807, 2.05) is 18.2 Å². The third-order valence-corrected chi connectivity index (χ3v) is 4.34. The Morgan fingerprint density at radius 2 is 1.95 bits per heavy atom. The first-order valence-corrected chi connectivity index (χ1v) is 7.31. The SMILES string of the molecule is Brc1ccc2c(c1)n1nnnc1c1cccc3ccn2c31. The lowest BCUT2D eigenvalue weighted by Gasteiger charge is -1.99. The summed E-state index contributed by atoms with van der Waals surface area (Å²) in [6, 6.07) is 14.5. The fourth-order valence-corrected chi connectivity index (χ4v) is 3.31. The van der Waals surface area contributed by atoms with Crippen LogP contribution in [0.3, 0.4) is 0 Å². The third kappa shape index (κ3) is 1.37. The van der Waals surface area contributed by atoms with Gasteiger partial charge in [-0.3, -0.25) is 0 Å². The largest absolute Gasteiger partial charge is 0.314 e. The van der Waals surface area contributed by atoms with Crippen LogP contribution in [-0.2, 0) is 0 Å². The van der Waals surface area contributed by atoms with Gasteiger partial charge in [0.25, 0.3) is 0 Å². The molecule has 2 aromatic carbocycles. The Morgan fingerprint density at radius 1 is 1.00 bits per heavy atom. The minimum Gasteiger partial charge on any atom is -0.314 e. The molecule has 0 N–H and O–H groups in total. The van der Waals surface area contributed by atoms with Gasteiger partial charge < -0.3 is 4.40 Å². The molecule has 0 saturated carbocycles. The van der Waals surface area contributed by atoms with Gasteiger partial charge in [-0.25, -0.2) is 0 Å². The molecule has 5 nitrogen and oxygen atoms in total. The first-order chi connectivity index (χ1) is 10.3. The van der Waals surface area contributed by atoms with Crippen LogP contribution in [0.15, 0.2) is 53.1 Å². The van der Waals surface area contributed by atoms with Gasteiger partial charge in [-0.2, -0.15) is 4.52 Å². The number of halogens is 1. The molecule has 0 aliphatic carbocycles. The number of rotatable bonds is 0. The van der Waals surface area contributed by atoms with E-state index in [1.165, 1.54) is 5.39 Å². The average Bonchev–Trinajstić information content (AvgIpc) is 3.11. The highest BCUT2D eigenvalue weighted by Crippen LogP contribution is 2.28. The van der Waals surface area contributed by atoms with Crippen LogP contribution in [0.2, 0.25) is 0 Å². The quantitative estimate of drug-likeness (QED) is 0.435. The van der Waals surface area contributed by atoms with E-state index in [2.05, 4.69) is 66.3 Å². The summed E-state index contributed by atoms with van der Waals surface area (Å²) >= 11 is 3.53. The standard InChI is InChI=1S/C15H8BrN5/c16-10-4-5-12-13(8-10)21-15(17-18-19-21)11-3-1-2-9-6-7-20(12)14(9)11/h1-8H. The zero-order valence-electron chi connectivity index (χ0n) is 10.7. The van der Waals surface area contributed by atoms with Crippen LogP contribution in [-0.4, -0.2) is 24.4 Å². The highest BCUT2D eigenvalue weighted by Gasteiger charge is 2.12. The average molecular weight is 338 g/mol. The van der Waals surface area contributed by atoms with Crippen molar-refractivity contribution in [1.82, 2.24) is 24.4 Å². The van der Waals surface area contributed by atoms with Crippen molar-refractivity contribution in [3.05, 3.63) is 53.1 Å². The zero-order chi connectivity index (χ0) is 14.0. The molecule has 100 valence electrons. The maximum atomic E-state index is 4.22. The summed E-state index contributed by atoms with van der Waals surface area (Å²) in [4.78, 5) is 0. The van der Waals surface area contributed by atoms with Crippen molar-refractivity contribution >= 4 is 48.9 Å². The molecule has 0 fully saturated rings. The topological polar surface area (TPSA) is 47.5 Å². The Kier molecular flexibility index (Phi) is 2.03. The van der Waals surface area contributed by atoms with Crippen LogP contribution in [0.4, 0.5) is 0 Å². The van der Waals surface area contributed by atoms with Gasteiger partial charge in [0, 0.05) is 21.4 Å². The summed E-state index contributed by atoms with van der Waals surface area (Å²) in [5.74, 6) is 0. The first-order valence-electron chi connectivity index (χ1n) is 6.52. The van der Waals surface area contributed by atoms with Crippen molar-refractivity contribution in [1.29, 1.82) is 0 Å². The fourth-order valence-electron chi connectivity index (χ4n) is 2.96. The van der Waals surface area contributed by atoms with Crippen molar-refractivity contribution in [2.24, 2.45) is 0 Å². The molecular formula is C15H8BrN5. The molecule has 5 aromatic rings. The van der Waals surface area contributed by atoms with Crippen molar-refractivity contribution in [3.8, 4) is 0 Å². The van der Waals surface area contributed by atoms with E-state index in [0.29, 0.717) is 0 Å². The van der Waals surface area contributed by atoms with Crippen LogP contribution in [0.25, 0.3) is 33.0 Å². The highest BCUT2D eigenvalue weighted by molar-refractivity contribution is 9.10. The zero-order valence-corrected chi connectivity index (χ0v) is 12.3. The number of tetrazole rings is 1. The molecule has 0 aliphatic heterocycles. The first kappa shape index (κ1) is 11.2. The Balaban J connectivity index is 2.31. The van der Waals surface area contributed by atoms with Crippen LogP contribution in [0.1, 0.15) is 0 Å². The molecule has 6 heteroatoms. The molecular weight excluding hydrogens is 330 g/mol. The van der Waals surface area contributed by atoms with Gasteiger partial charge in [-0.15, -0.1) is 5.10 Å². The van der Waals surface area contributed by atoms with Crippen LogP contribution in [0, 0.1) is 0 Å². The van der Waals surface area contributed by atoms with Gasteiger partial charge in [-0.1, -0.05) is 28.1 Å². The molecule has 3 aromatic heterocycles. The molecule has 0 bridgehead atoms. The number of hydrogen-bond acceptors (Lipinski definition) is 3. The lowest BCUT2D eigenvalue weighted by molar-refractivity contribution is 0.841. The fraction of sp³-hybridized carbons (Fsp3) is 0. The van der Waals surface area contributed by atoms with Gasteiger partial charge in [0.05, 0.1) is 16.6 Å². The van der Waals surface area contributed by atoms with E-state index in [0.717, 1.165) is 32.1 Å². The normalized spacial score (nSPS) is 12.0. The molecule has 0 amide bonds. The molecule has 5 rings (SSSR count). The Bertz CT molecular complexity index is 1150. The van der Waals surface area contributed by atoms with Crippen molar-refractivity contribution in [2.45, 2.75) is 0 Å². The van der Waals surface area contributed by atoms with E-state index in [1.54, 1.807) is 4.52 Å². The third-order valence-electron chi connectivity index (χ3n) is 3.85. The Morgan fingerprint density at radius 3 is 2.90 bits per heavy atom. The smallest absolute Gasteiger partial charge is 0.189 e.